The summed E-state index contributed by atoms with van der Waals surface area (Å²) in [6.45, 7) is 0.323. The van der Waals surface area contributed by atoms with E-state index in [0.29, 0.717) is 11.4 Å². The highest BCUT2D eigenvalue weighted by Gasteiger charge is 2.26. The first-order valence-electron chi connectivity index (χ1n) is 12.6. The molecule has 0 aliphatic rings. The minimum Gasteiger partial charge on any atom is -0.354 e. The summed E-state index contributed by atoms with van der Waals surface area (Å²) in [5.41, 5.74) is 0.982. The van der Waals surface area contributed by atoms with Crippen LogP contribution in [0.4, 0.5) is 11.4 Å². The molecule has 0 saturated carbocycles. The van der Waals surface area contributed by atoms with Gasteiger partial charge in [-0.25, -0.2) is 10.1 Å². The fraction of sp³-hybridized carbons (Fsp3) is 0.214. The third-order valence-corrected chi connectivity index (χ3v) is 8.06. The fourth-order valence-corrected chi connectivity index (χ4v) is 5.49. The Labute approximate surface area is 265 Å². The number of carbonyl (C=O) groups is 2. The molecule has 0 aromatic heterocycles. The number of halogens is 2. The summed E-state index contributed by atoms with van der Waals surface area (Å²) in [4.78, 5) is 23.7. The second-order valence-electron chi connectivity index (χ2n) is 8.73. The number of hydrogen-bond donors (Lipinski definition) is 2. The second kappa shape index (κ2) is 14.9. The molecular weight excluding hydrogens is 774 g/mol. The van der Waals surface area contributed by atoms with Gasteiger partial charge >= 0.3 is 10.4 Å². The number of amides is 2. The molecule has 0 fully saturated rings. The van der Waals surface area contributed by atoms with Crippen molar-refractivity contribution in [2.24, 2.45) is 0 Å². The van der Waals surface area contributed by atoms with Crippen molar-refractivity contribution >= 4 is 100 Å². The van der Waals surface area contributed by atoms with E-state index in [4.69, 9.17) is 8.57 Å². The predicted molar refractivity (Wildman–Crippen MR) is 177 cm³/mol. The highest BCUT2D eigenvalue weighted by atomic mass is 127. The van der Waals surface area contributed by atoms with E-state index in [2.05, 4.69) is 10.6 Å². The maximum atomic E-state index is 13.5. The van der Waals surface area contributed by atoms with Gasteiger partial charge in [-0.3, -0.25) is 9.59 Å². The summed E-state index contributed by atoms with van der Waals surface area (Å²) in [5, 5.41) is 11.2. The number of fused-ring (bicyclic) bond motifs is 2. The molecule has 0 heterocycles. The number of anilines is 2. The number of hydroxylamine groups is 2. The molecule has 4 aromatic rings. The first-order chi connectivity index (χ1) is 19.8. The summed E-state index contributed by atoms with van der Waals surface area (Å²) in [6, 6.07) is 25.9. The van der Waals surface area contributed by atoms with Crippen LogP contribution in [0.25, 0.3) is 21.5 Å². The molecule has 4 aromatic carbocycles. The SMILES string of the molecule is O=C(CI)NCCN(OS(=O)(=O)ON(CCNC(=O)CI)c1cccc2ccccc12)c1cccc2ccccc12. The molecule has 0 saturated heterocycles. The van der Waals surface area contributed by atoms with E-state index in [1.54, 1.807) is 24.3 Å². The third kappa shape index (κ3) is 8.64. The molecule has 13 heteroatoms. The van der Waals surface area contributed by atoms with Gasteiger partial charge in [0, 0.05) is 23.9 Å². The van der Waals surface area contributed by atoms with E-state index in [0.717, 1.165) is 21.5 Å². The first kappa shape index (κ1) is 31.2. The van der Waals surface area contributed by atoms with E-state index in [1.807, 2.05) is 106 Å². The van der Waals surface area contributed by atoms with Crippen molar-refractivity contribution in [1.29, 1.82) is 0 Å². The number of nitrogens with zero attached hydrogens (tertiary/aromatic N) is 2. The smallest absolute Gasteiger partial charge is 0.354 e. The van der Waals surface area contributed by atoms with E-state index in [1.165, 1.54) is 10.1 Å². The Morgan fingerprint density at radius 1 is 0.634 bits per heavy atom. The number of benzene rings is 4. The third-order valence-electron chi connectivity index (χ3n) is 5.95. The van der Waals surface area contributed by atoms with E-state index in [9.17, 15) is 18.0 Å². The Morgan fingerprint density at radius 2 is 1.02 bits per heavy atom. The van der Waals surface area contributed by atoms with Gasteiger partial charge in [-0.05, 0) is 22.9 Å². The molecular formula is C28H28I2N4O6S. The van der Waals surface area contributed by atoms with Gasteiger partial charge in [-0.15, -0.1) is 8.57 Å². The highest BCUT2D eigenvalue weighted by Crippen LogP contribution is 2.30. The lowest BCUT2D eigenvalue weighted by Crippen LogP contribution is -2.40. The lowest BCUT2D eigenvalue weighted by atomic mass is 10.1. The van der Waals surface area contributed by atoms with Crippen LogP contribution in [0.2, 0.25) is 0 Å². The van der Waals surface area contributed by atoms with Crippen molar-refractivity contribution in [2.45, 2.75) is 0 Å². The number of hydrogen-bond acceptors (Lipinski definition) is 8. The Kier molecular flexibility index (Phi) is 11.4. The molecule has 0 unspecified atom stereocenters. The molecule has 0 atom stereocenters. The van der Waals surface area contributed by atoms with Crippen LogP contribution >= 0.6 is 45.2 Å². The summed E-state index contributed by atoms with van der Waals surface area (Å²) < 4.78 is 38.6. The molecule has 4 rings (SSSR count). The molecule has 0 bridgehead atoms. The quantitative estimate of drug-likeness (QED) is 0.109. The molecule has 0 aliphatic carbocycles. The van der Waals surface area contributed by atoms with Crippen LogP contribution in [-0.2, 0) is 28.6 Å². The van der Waals surface area contributed by atoms with Crippen LogP contribution in [0.5, 0.6) is 0 Å². The minimum absolute atomic E-state index is 0.0267. The Bertz CT molecular complexity index is 1500. The Balaban J connectivity index is 1.64. The topological polar surface area (TPSA) is 117 Å². The lowest BCUT2D eigenvalue weighted by molar-refractivity contribution is -0.119. The van der Waals surface area contributed by atoms with Crippen LogP contribution in [-0.4, -0.2) is 55.3 Å². The van der Waals surface area contributed by atoms with Crippen molar-refractivity contribution < 1.29 is 26.6 Å². The van der Waals surface area contributed by atoms with Gasteiger partial charge in [-0.2, -0.15) is 8.42 Å². The zero-order valence-electron chi connectivity index (χ0n) is 21.8. The van der Waals surface area contributed by atoms with Crippen molar-refractivity contribution in [3.63, 3.8) is 0 Å². The predicted octanol–water partition coefficient (Wildman–Crippen LogP) is 4.52. The van der Waals surface area contributed by atoms with E-state index >= 15 is 0 Å². The van der Waals surface area contributed by atoms with Crippen molar-refractivity contribution in [3.8, 4) is 0 Å². The van der Waals surface area contributed by atoms with Crippen LogP contribution in [0, 0.1) is 0 Å². The van der Waals surface area contributed by atoms with E-state index in [-0.39, 0.29) is 46.8 Å². The first-order valence-corrected chi connectivity index (χ1v) is 17.0. The number of alkyl halides is 2. The standard InChI is InChI=1S/C28H28I2N4O6S/c29-19-27(35)31-15-17-33(25-13-5-9-21-7-1-3-11-23(21)25)39-41(37,38)40-34(18-16-32-28(36)20-30)26-14-6-10-22-8-2-4-12-24(22)26/h1-14H,15-20H2,(H,31,35)(H,32,36). The fourth-order valence-electron chi connectivity index (χ4n) is 4.17. The normalized spacial score (nSPS) is 11.4. The van der Waals surface area contributed by atoms with Gasteiger partial charge in [0.05, 0.1) is 33.3 Å². The Morgan fingerprint density at radius 3 is 1.44 bits per heavy atom. The molecule has 0 aliphatic heterocycles. The second-order valence-corrected chi connectivity index (χ2v) is 11.4. The minimum atomic E-state index is -4.70. The van der Waals surface area contributed by atoms with Crippen LogP contribution in [0.3, 0.4) is 0 Å². The summed E-state index contributed by atoms with van der Waals surface area (Å²) in [7, 11) is -4.70. The maximum Gasteiger partial charge on any atom is 0.442 e. The number of rotatable bonds is 14. The Hall–Kier alpha value is -2.73. The molecule has 2 amide bonds. The number of nitrogens with one attached hydrogen (secondary N) is 2. The summed E-state index contributed by atoms with van der Waals surface area (Å²) in [6.07, 6.45) is 0. The van der Waals surface area contributed by atoms with Gasteiger partial charge in [0.15, 0.2) is 0 Å². The van der Waals surface area contributed by atoms with Crippen LogP contribution in [0.1, 0.15) is 0 Å². The van der Waals surface area contributed by atoms with Crippen molar-refractivity contribution in [2.75, 3.05) is 45.2 Å². The van der Waals surface area contributed by atoms with Gasteiger partial charge in [0.2, 0.25) is 11.8 Å². The maximum absolute atomic E-state index is 13.5. The van der Waals surface area contributed by atoms with Crippen molar-refractivity contribution in [3.05, 3.63) is 84.9 Å². The van der Waals surface area contributed by atoms with Crippen LogP contribution in [0.15, 0.2) is 84.9 Å². The summed E-state index contributed by atoms with van der Waals surface area (Å²) >= 11 is 3.90. The van der Waals surface area contributed by atoms with Gasteiger partial charge < -0.3 is 10.6 Å². The zero-order chi connectivity index (χ0) is 29.2. The van der Waals surface area contributed by atoms with Gasteiger partial charge in [0.25, 0.3) is 0 Å². The van der Waals surface area contributed by atoms with Gasteiger partial charge in [-0.1, -0.05) is 118 Å². The molecule has 41 heavy (non-hydrogen) atoms. The molecule has 216 valence electrons. The molecule has 0 radical (unpaired) electrons. The van der Waals surface area contributed by atoms with Crippen LogP contribution < -0.4 is 20.8 Å². The average Bonchev–Trinajstić information content (AvgIpc) is 2.99. The molecule has 10 nitrogen and oxygen atoms in total. The zero-order valence-corrected chi connectivity index (χ0v) is 27.0. The monoisotopic (exact) mass is 802 g/mol. The van der Waals surface area contributed by atoms with Crippen molar-refractivity contribution in [1.82, 2.24) is 10.6 Å². The average molecular weight is 802 g/mol. The highest BCUT2D eigenvalue weighted by molar-refractivity contribution is 14.1. The van der Waals surface area contributed by atoms with E-state index < -0.39 is 10.4 Å². The molecule has 2 N–H and O–H groups in total. The van der Waals surface area contributed by atoms with Gasteiger partial charge in [0.1, 0.15) is 0 Å². The lowest BCUT2D eigenvalue weighted by Gasteiger charge is -2.27. The summed E-state index contributed by atoms with van der Waals surface area (Å²) in [5.74, 6) is -0.364. The largest absolute Gasteiger partial charge is 0.442 e. The number of carbonyl (C=O) groups excluding carboxylic acids is 2. The molecule has 0 spiro atoms.